The summed E-state index contributed by atoms with van der Waals surface area (Å²) in [5.74, 6) is 0.394. The summed E-state index contributed by atoms with van der Waals surface area (Å²) in [5, 5.41) is 2.99. The monoisotopic (exact) mass is 400 g/mol. The minimum atomic E-state index is -0.0797. The van der Waals surface area contributed by atoms with Crippen LogP contribution in [0.5, 0.6) is 0 Å². The van der Waals surface area contributed by atoms with Crippen molar-refractivity contribution >= 4 is 35.0 Å². The lowest BCUT2D eigenvalue weighted by atomic mass is 10.1. The number of nitrogens with one attached hydrogen (secondary N) is 1. The van der Waals surface area contributed by atoms with Gasteiger partial charge in [-0.15, -0.1) is 11.8 Å². The first-order chi connectivity index (χ1) is 14.2. The van der Waals surface area contributed by atoms with Gasteiger partial charge in [-0.3, -0.25) is 9.59 Å². The molecule has 2 aliphatic rings. The Kier molecular flexibility index (Phi) is 4.60. The van der Waals surface area contributed by atoms with Gasteiger partial charge < -0.3 is 10.2 Å². The van der Waals surface area contributed by atoms with Crippen molar-refractivity contribution in [2.75, 3.05) is 22.5 Å². The number of anilines is 2. The van der Waals surface area contributed by atoms with E-state index in [9.17, 15) is 9.59 Å². The van der Waals surface area contributed by atoms with E-state index in [0.717, 1.165) is 22.7 Å². The van der Waals surface area contributed by atoms with Crippen LogP contribution < -0.4 is 10.2 Å². The van der Waals surface area contributed by atoms with Gasteiger partial charge in [-0.05, 0) is 52.9 Å². The topological polar surface area (TPSA) is 49.4 Å². The van der Waals surface area contributed by atoms with Gasteiger partial charge in [0.15, 0.2) is 0 Å². The van der Waals surface area contributed by atoms with Crippen LogP contribution in [0.2, 0.25) is 0 Å². The molecule has 5 heteroatoms. The third kappa shape index (κ3) is 3.42. The molecule has 5 rings (SSSR count). The molecule has 1 heterocycles. The maximum Gasteiger partial charge on any atom is 0.237 e. The fraction of sp³-hybridized carbons (Fsp3) is 0.167. The number of nitrogens with zero attached hydrogens (tertiary/aromatic N) is 1. The average Bonchev–Trinajstić information content (AvgIpc) is 3.11. The molecule has 0 aromatic heterocycles. The maximum atomic E-state index is 12.5. The van der Waals surface area contributed by atoms with Crippen LogP contribution >= 0.6 is 11.8 Å². The quantitative estimate of drug-likeness (QED) is 0.539. The zero-order valence-corrected chi connectivity index (χ0v) is 16.7. The molecule has 4 nitrogen and oxygen atoms in total. The zero-order valence-electron chi connectivity index (χ0n) is 15.9. The first kappa shape index (κ1) is 18.0. The predicted molar refractivity (Wildman–Crippen MR) is 117 cm³/mol. The van der Waals surface area contributed by atoms with E-state index in [0.29, 0.717) is 12.3 Å². The smallest absolute Gasteiger partial charge is 0.237 e. The summed E-state index contributed by atoms with van der Waals surface area (Å²) < 4.78 is 0. The molecule has 0 radical (unpaired) electrons. The third-order valence-corrected chi connectivity index (χ3v) is 6.50. The Bertz CT molecular complexity index is 1130. The predicted octanol–water partition coefficient (Wildman–Crippen LogP) is 4.73. The normalized spacial score (nSPS) is 14.2. The van der Waals surface area contributed by atoms with E-state index in [1.807, 2.05) is 30.3 Å². The van der Waals surface area contributed by atoms with E-state index < -0.39 is 0 Å². The maximum absolute atomic E-state index is 12.5. The van der Waals surface area contributed by atoms with E-state index in [2.05, 4.69) is 41.7 Å². The number of para-hydroxylation sites is 1. The van der Waals surface area contributed by atoms with Gasteiger partial charge in [0.2, 0.25) is 11.8 Å². The summed E-state index contributed by atoms with van der Waals surface area (Å²) in [4.78, 5) is 27.7. The molecule has 0 spiro atoms. The molecule has 3 aromatic rings. The summed E-state index contributed by atoms with van der Waals surface area (Å²) in [5.41, 5.74) is 6.79. The number of fused-ring (bicyclic) bond motifs is 4. The minimum absolute atomic E-state index is 0.0526. The van der Waals surface area contributed by atoms with Gasteiger partial charge in [0, 0.05) is 23.5 Å². The van der Waals surface area contributed by atoms with Gasteiger partial charge in [0.05, 0.1) is 11.4 Å². The van der Waals surface area contributed by atoms with Crippen LogP contribution in [-0.4, -0.2) is 24.1 Å². The van der Waals surface area contributed by atoms with Gasteiger partial charge in [-0.1, -0.05) is 42.5 Å². The SMILES string of the molecule is O=C(CCN1C(=O)CSc2ccccc21)Nc1ccc2c(c1)Cc1ccccc1-2. The van der Waals surface area contributed by atoms with Gasteiger partial charge in [0.1, 0.15) is 0 Å². The third-order valence-electron chi connectivity index (χ3n) is 5.45. The number of hydrogen-bond donors (Lipinski definition) is 1. The molecule has 0 fully saturated rings. The summed E-state index contributed by atoms with van der Waals surface area (Å²) in [7, 11) is 0. The van der Waals surface area contributed by atoms with Crippen molar-refractivity contribution in [1.29, 1.82) is 0 Å². The highest BCUT2D eigenvalue weighted by molar-refractivity contribution is 8.00. The Hall–Kier alpha value is -3.05. The summed E-state index contributed by atoms with van der Waals surface area (Å²) >= 11 is 1.55. The van der Waals surface area contributed by atoms with Crippen molar-refractivity contribution in [2.45, 2.75) is 17.7 Å². The van der Waals surface area contributed by atoms with Crippen molar-refractivity contribution in [3.8, 4) is 11.1 Å². The lowest BCUT2D eigenvalue weighted by Gasteiger charge is -2.28. The van der Waals surface area contributed by atoms with Gasteiger partial charge in [-0.2, -0.15) is 0 Å². The van der Waals surface area contributed by atoms with Crippen LogP contribution in [-0.2, 0) is 16.0 Å². The number of carbonyl (C=O) groups excluding carboxylic acids is 2. The summed E-state index contributed by atoms with van der Waals surface area (Å²) in [6.07, 6.45) is 1.16. The number of thioether (sulfide) groups is 1. The second-order valence-electron chi connectivity index (χ2n) is 7.31. The van der Waals surface area contributed by atoms with E-state index in [4.69, 9.17) is 0 Å². The molecule has 0 atom stereocenters. The molecule has 3 aromatic carbocycles. The lowest BCUT2D eigenvalue weighted by molar-refractivity contribution is -0.117. The molecular formula is C24H20N2O2S. The molecule has 0 saturated heterocycles. The van der Waals surface area contributed by atoms with Crippen molar-refractivity contribution in [3.63, 3.8) is 0 Å². The Morgan fingerprint density at radius 2 is 1.76 bits per heavy atom. The number of carbonyl (C=O) groups is 2. The largest absolute Gasteiger partial charge is 0.326 e. The molecule has 0 saturated carbocycles. The minimum Gasteiger partial charge on any atom is -0.326 e. The average molecular weight is 401 g/mol. The van der Waals surface area contributed by atoms with Gasteiger partial charge in [0.25, 0.3) is 0 Å². The summed E-state index contributed by atoms with van der Waals surface area (Å²) in [6.45, 7) is 0.388. The first-order valence-corrected chi connectivity index (χ1v) is 10.7. The fourth-order valence-corrected chi connectivity index (χ4v) is 4.99. The van der Waals surface area contributed by atoms with Crippen LogP contribution in [0.4, 0.5) is 11.4 Å². The molecule has 1 aliphatic heterocycles. The number of amides is 2. The van der Waals surface area contributed by atoms with E-state index in [-0.39, 0.29) is 18.2 Å². The number of rotatable bonds is 4. The van der Waals surface area contributed by atoms with Crippen molar-refractivity contribution < 1.29 is 9.59 Å². The number of hydrogen-bond acceptors (Lipinski definition) is 3. The molecule has 1 aliphatic carbocycles. The van der Waals surface area contributed by atoms with Crippen LogP contribution in [0.1, 0.15) is 17.5 Å². The lowest BCUT2D eigenvalue weighted by Crippen LogP contribution is -2.37. The molecule has 29 heavy (non-hydrogen) atoms. The van der Waals surface area contributed by atoms with Crippen molar-refractivity contribution in [3.05, 3.63) is 77.9 Å². The first-order valence-electron chi connectivity index (χ1n) is 9.72. The molecular weight excluding hydrogens is 380 g/mol. The highest BCUT2D eigenvalue weighted by Gasteiger charge is 2.25. The van der Waals surface area contributed by atoms with Crippen LogP contribution in [0.25, 0.3) is 11.1 Å². The Balaban J connectivity index is 1.26. The Labute approximate surface area is 173 Å². The second-order valence-corrected chi connectivity index (χ2v) is 8.32. The van der Waals surface area contributed by atoms with Crippen LogP contribution in [0, 0.1) is 0 Å². The summed E-state index contributed by atoms with van der Waals surface area (Å²) in [6, 6.07) is 22.4. The highest BCUT2D eigenvalue weighted by atomic mass is 32.2. The number of benzene rings is 3. The zero-order chi connectivity index (χ0) is 19.8. The van der Waals surface area contributed by atoms with E-state index in [1.165, 1.54) is 22.3 Å². The fourth-order valence-electron chi connectivity index (χ4n) is 4.06. The molecule has 2 amide bonds. The van der Waals surface area contributed by atoms with Gasteiger partial charge in [-0.25, -0.2) is 0 Å². The van der Waals surface area contributed by atoms with Gasteiger partial charge >= 0.3 is 0 Å². The molecule has 0 bridgehead atoms. The van der Waals surface area contributed by atoms with Crippen LogP contribution in [0.15, 0.2) is 71.6 Å². The molecule has 1 N–H and O–H groups in total. The van der Waals surface area contributed by atoms with E-state index in [1.54, 1.807) is 16.7 Å². The Morgan fingerprint density at radius 3 is 2.69 bits per heavy atom. The highest BCUT2D eigenvalue weighted by Crippen LogP contribution is 2.38. The van der Waals surface area contributed by atoms with E-state index >= 15 is 0 Å². The standard InChI is InChI=1S/C24H20N2O2S/c27-23(11-12-26-21-7-3-4-8-22(21)29-15-24(26)28)25-18-9-10-20-17(14-18)13-16-5-1-2-6-19(16)20/h1-10,14H,11-13,15H2,(H,25,27). The second kappa shape index (κ2) is 7.41. The molecule has 144 valence electrons. The molecule has 0 unspecified atom stereocenters. The van der Waals surface area contributed by atoms with Crippen molar-refractivity contribution in [1.82, 2.24) is 0 Å². The van der Waals surface area contributed by atoms with Crippen LogP contribution in [0.3, 0.4) is 0 Å². The van der Waals surface area contributed by atoms with Crippen molar-refractivity contribution in [2.24, 2.45) is 0 Å². The Morgan fingerprint density at radius 1 is 0.966 bits per heavy atom.